The molecule has 0 heterocycles. The highest BCUT2D eigenvalue weighted by Gasteiger charge is 2.20. The molecule has 0 aromatic heterocycles. The van der Waals surface area contributed by atoms with Gasteiger partial charge in [-0.15, -0.1) is 0 Å². The highest BCUT2D eigenvalue weighted by molar-refractivity contribution is 6.30. The molecule has 0 saturated heterocycles. The number of ether oxygens (including phenoxy) is 1. The van der Waals surface area contributed by atoms with Crippen molar-refractivity contribution in [3.05, 3.63) is 29.3 Å². The predicted octanol–water partition coefficient (Wildman–Crippen LogP) is 2.94. The maximum Gasteiger partial charge on any atom is 0.263 e. The van der Waals surface area contributed by atoms with Crippen LogP contribution in [0.1, 0.15) is 27.2 Å². The predicted molar refractivity (Wildman–Crippen MR) is 86.6 cm³/mol. The van der Waals surface area contributed by atoms with Gasteiger partial charge in [0.1, 0.15) is 5.75 Å². The van der Waals surface area contributed by atoms with Crippen LogP contribution < -0.4 is 10.5 Å². The van der Waals surface area contributed by atoms with Crippen molar-refractivity contribution in [3.63, 3.8) is 0 Å². The number of carbonyl (C=O) groups is 1. The van der Waals surface area contributed by atoms with E-state index in [1.54, 1.807) is 43.1 Å². The lowest BCUT2D eigenvalue weighted by atomic mass is 10.0. The molecule has 1 aromatic rings. The Kier molecular flexibility index (Phi) is 6.99. The smallest absolute Gasteiger partial charge is 0.263 e. The van der Waals surface area contributed by atoms with E-state index < -0.39 is 6.10 Å². The Morgan fingerprint density at radius 2 is 2.05 bits per heavy atom. The van der Waals surface area contributed by atoms with Gasteiger partial charge in [0.25, 0.3) is 5.91 Å². The molecule has 2 atom stereocenters. The Hall–Kier alpha value is -1.26. The minimum atomic E-state index is -0.552. The number of hydrogen-bond donors (Lipinski definition) is 1. The van der Waals surface area contributed by atoms with Crippen LogP contribution in [0, 0.1) is 5.92 Å². The molecular weight excluding hydrogens is 288 g/mol. The van der Waals surface area contributed by atoms with Crippen LogP contribution >= 0.6 is 11.6 Å². The van der Waals surface area contributed by atoms with Gasteiger partial charge >= 0.3 is 0 Å². The van der Waals surface area contributed by atoms with Crippen LogP contribution in [0.25, 0.3) is 0 Å². The number of rotatable bonds is 7. The molecule has 4 nitrogen and oxygen atoms in total. The highest BCUT2D eigenvalue weighted by atomic mass is 35.5. The molecular formula is C16H25ClN2O2. The number of halogens is 1. The fourth-order valence-corrected chi connectivity index (χ4v) is 2.07. The van der Waals surface area contributed by atoms with E-state index in [0.29, 0.717) is 23.2 Å². The summed E-state index contributed by atoms with van der Waals surface area (Å²) >= 11 is 5.90. The Morgan fingerprint density at radius 3 is 2.62 bits per heavy atom. The number of amides is 1. The average Bonchev–Trinajstić information content (AvgIpc) is 2.43. The summed E-state index contributed by atoms with van der Waals surface area (Å²) in [7, 11) is 1.77. The number of likely N-dealkylation sites (N-methyl/N-ethyl adjacent to an activating group) is 1. The molecule has 0 radical (unpaired) electrons. The standard InChI is InChI=1S/C16H25ClN2O2/c1-11(2)15(18)8-9-19(4)16(20)12(3)21-14-7-5-6-13(17)10-14/h5-7,10-12,15H,8-9,18H2,1-4H3. The van der Waals surface area contributed by atoms with Gasteiger partial charge in [-0.2, -0.15) is 0 Å². The van der Waals surface area contributed by atoms with Crippen molar-refractivity contribution in [3.8, 4) is 5.75 Å². The Morgan fingerprint density at radius 1 is 1.38 bits per heavy atom. The average molecular weight is 313 g/mol. The van der Waals surface area contributed by atoms with E-state index in [9.17, 15) is 4.79 Å². The number of benzene rings is 1. The van der Waals surface area contributed by atoms with E-state index in [2.05, 4.69) is 13.8 Å². The third-order valence-corrected chi connectivity index (χ3v) is 3.72. The molecule has 0 aliphatic rings. The Bertz CT molecular complexity index is 465. The molecule has 21 heavy (non-hydrogen) atoms. The van der Waals surface area contributed by atoms with Crippen LogP contribution in [-0.2, 0) is 4.79 Å². The zero-order valence-corrected chi connectivity index (χ0v) is 13.9. The highest BCUT2D eigenvalue weighted by Crippen LogP contribution is 2.18. The third kappa shape index (κ3) is 5.94. The molecule has 5 heteroatoms. The summed E-state index contributed by atoms with van der Waals surface area (Å²) in [5.41, 5.74) is 6.00. The minimum Gasteiger partial charge on any atom is -0.481 e. The molecule has 0 spiro atoms. The van der Waals surface area contributed by atoms with E-state index in [4.69, 9.17) is 22.1 Å². The molecule has 0 saturated carbocycles. The van der Waals surface area contributed by atoms with Crippen molar-refractivity contribution in [2.24, 2.45) is 11.7 Å². The van der Waals surface area contributed by atoms with Gasteiger partial charge in [-0.3, -0.25) is 4.79 Å². The number of nitrogens with two attached hydrogens (primary N) is 1. The number of carbonyl (C=O) groups excluding carboxylic acids is 1. The lowest BCUT2D eigenvalue weighted by molar-refractivity contribution is -0.136. The molecule has 0 bridgehead atoms. The van der Waals surface area contributed by atoms with Gasteiger partial charge in [-0.1, -0.05) is 31.5 Å². The van der Waals surface area contributed by atoms with Crippen molar-refractivity contribution in [2.75, 3.05) is 13.6 Å². The molecule has 1 aromatic carbocycles. The van der Waals surface area contributed by atoms with Crippen molar-refractivity contribution in [2.45, 2.75) is 39.3 Å². The lowest BCUT2D eigenvalue weighted by Crippen LogP contribution is -2.40. The second kappa shape index (κ2) is 8.25. The van der Waals surface area contributed by atoms with E-state index in [0.717, 1.165) is 6.42 Å². The first-order valence-electron chi connectivity index (χ1n) is 7.24. The fraction of sp³-hybridized carbons (Fsp3) is 0.562. The maximum absolute atomic E-state index is 12.2. The normalized spacial score (nSPS) is 13.9. The van der Waals surface area contributed by atoms with Gasteiger partial charge < -0.3 is 15.4 Å². The van der Waals surface area contributed by atoms with Crippen LogP contribution in [0.4, 0.5) is 0 Å². The van der Waals surface area contributed by atoms with Crippen LogP contribution in [0.15, 0.2) is 24.3 Å². The van der Waals surface area contributed by atoms with Crippen molar-refractivity contribution in [1.82, 2.24) is 4.90 Å². The van der Waals surface area contributed by atoms with Gasteiger partial charge in [0.2, 0.25) is 0 Å². The van der Waals surface area contributed by atoms with Crippen molar-refractivity contribution >= 4 is 17.5 Å². The summed E-state index contributed by atoms with van der Waals surface area (Å²) in [6.45, 7) is 6.53. The van der Waals surface area contributed by atoms with Gasteiger partial charge in [0, 0.05) is 24.7 Å². The van der Waals surface area contributed by atoms with Gasteiger partial charge in [-0.25, -0.2) is 0 Å². The van der Waals surface area contributed by atoms with Gasteiger partial charge in [-0.05, 0) is 37.5 Å². The topological polar surface area (TPSA) is 55.6 Å². The Labute approximate surface area is 132 Å². The van der Waals surface area contributed by atoms with Crippen LogP contribution in [-0.4, -0.2) is 36.5 Å². The summed E-state index contributed by atoms with van der Waals surface area (Å²) in [6.07, 6.45) is 0.229. The van der Waals surface area contributed by atoms with Crippen LogP contribution in [0.2, 0.25) is 5.02 Å². The van der Waals surface area contributed by atoms with E-state index in [-0.39, 0.29) is 11.9 Å². The summed E-state index contributed by atoms with van der Waals surface area (Å²) < 4.78 is 5.63. The number of nitrogens with zero attached hydrogens (tertiary/aromatic N) is 1. The fourth-order valence-electron chi connectivity index (χ4n) is 1.89. The maximum atomic E-state index is 12.2. The molecule has 2 N–H and O–H groups in total. The zero-order valence-electron chi connectivity index (χ0n) is 13.2. The molecule has 2 unspecified atom stereocenters. The molecule has 1 amide bonds. The quantitative estimate of drug-likeness (QED) is 0.842. The second-order valence-corrected chi connectivity index (χ2v) is 6.11. The largest absolute Gasteiger partial charge is 0.481 e. The first kappa shape index (κ1) is 17.8. The third-order valence-electron chi connectivity index (χ3n) is 3.49. The van der Waals surface area contributed by atoms with Crippen LogP contribution in [0.3, 0.4) is 0 Å². The van der Waals surface area contributed by atoms with E-state index in [1.165, 1.54) is 0 Å². The summed E-state index contributed by atoms with van der Waals surface area (Å²) in [6, 6.07) is 7.13. The van der Waals surface area contributed by atoms with Crippen molar-refractivity contribution in [1.29, 1.82) is 0 Å². The van der Waals surface area contributed by atoms with Crippen LogP contribution in [0.5, 0.6) is 5.75 Å². The zero-order chi connectivity index (χ0) is 16.0. The molecule has 0 aliphatic carbocycles. The van der Waals surface area contributed by atoms with E-state index >= 15 is 0 Å². The minimum absolute atomic E-state index is 0.0640. The lowest BCUT2D eigenvalue weighted by Gasteiger charge is -2.24. The first-order valence-corrected chi connectivity index (χ1v) is 7.61. The monoisotopic (exact) mass is 312 g/mol. The van der Waals surface area contributed by atoms with E-state index in [1.807, 2.05) is 0 Å². The Balaban J connectivity index is 2.49. The van der Waals surface area contributed by atoms with Gasteiger partial charge in [0.15, 0.2) is 6.10 Å². The summed E-state index contributed by atoms with van der Waals surface area (Å²) in [5, 5.41) is 0.586. The second-order valence-electron chi connectivity index (χ2n) is 5.67. The molecule has 0 fully saturated rings. The molecule has 0 aliphatic heterocycles. The summed E-state index contributed by atoms with van der Waals surface area (Å²) in [4.78, 5) is 13.9. The van der Waals surface area contributed by atoms with Crippen molar-refractivity contribution < 1.29 is 9.53 Å². The number of hydrogen-bond acceptors (Lipinski definition) is 3. The summed E-state index contributed by atoms with van der Waals surface area (Å²) in [5.74, 6) is 0.940. The SMILES string of the molecule is CC(Oc1cccc(Cl)c1)C(=O)N(C)CCC(N)C(C)C. The van der Waals surface area contributed by atoms with Gasteiger partial charge in [0.05, 0.1) is 0 Å². The molecule has 118 valence electrons. The molecule has 1 rings (SSSR count). The first-order chi connectivity index (χ1) is 9.81.